The lowest BCUT2D eigenvalue weighted by atomic mass is 9.84. The van der Waals surface area contributed by atoms with Crippen molar-refractivity contribution in [2.24, 2.45) is 4.99 Å². The number of ether oxygens (including phenoxy) is 2. The van der Waals surface area contributed by atoms with Gasteiger partial charge in [-0.1, -0.05) is 42.5 Å². The number of nitrogens with zero attached hydrogens (tertiary/aromatic N) is 3. The van der Waals surface area contributed by atoms with Gasteiger partial charge in [-0.05, 0) is 123 Å². The number of carbonyl (C=O) groups excluding carboxylic acids is 2. The van der Waals surface area contributed by atoms with Crippen LogP contribution in [0, 0.1) is 0 Å². The zero-order valence-electron chi connectivity index (χ0n) is 26.2. The van der Waals surface area contributed by atoms with Crippen LogP contribution in [0.3, 0.4) is 0 Å². The molecular formula is C34H44IN3O4. The third-order valence-electron chi connectivity index (χ3n) is 8.20. The van der Waals surface area contributed by atoms with Gasteiger partial charge in [0, 0.05) is 24.0 Å². The Kier molecular flexibility index (Phi) is 10.2. The number of hydrogen-bond acceptors (Lipinski definition) is 6. The molecule has 0 spiro atoms. The maximum atomic E-state index is 14.7. The monoisotopic (exact) mass is 685 g/mol. The molecule has 42 heavy (non-hydrogen) atoms. The van der Waals surface area contributed by atoms with Crippen molar-refractivity contribution >= 4 is 40.3 Å². The SMILES string of the molecule is CC1=NC(C)N(C)/C(C)=C(/C)CC(C2=CC=C(I)CC2)=C1[C@H](OC(C)(C)C)C(=O)N1C(=O)OC[C@H]1Cc1ccccc1. The molecule has 3 aliphatic rings. The summed E-state index contributed by atoms with van der Waals surface area (Å²) in [4.78, 5) is 36.4. The number of hydrogen-bond donors (Lipinski definition) is 0. The van der Waals surface area contributed by atoms with Gasteiger partial charge in [-0.2, -0.15) is 0 Å². The van der Waals surface area contributed by atoms with Gasteiger partial charge in [-0.15, -0.1) is 0 Å². The molecular weight excluding hydrogens is 641 g/mol. The Morgan fingerprint density at radius 1 is 1.14 bits per heavy atom. The highest BCUT2D eigenvalue weighted by atomic mass is 127. The van der Waals surface area contributed by atoms with E-state index in [9.17, 15) is 9.59 Å². The first-order chi connectivity index (χ1) is 19.8. The zero-order valence-corrected chi connectivity index (χ0v) is 28.3. The maximum Gasteiger partial charge on any atom is 0.417 e. The van der Waals surface area contributed by atoms with E-state index in [2.05, 4.69) is 67.5 Å². The lowest BCUT2D eigenvalue weighted by Gasteiger charge is -2.33. The highest BCUT2D eigenvalue weighted by molar-refractivity contribution is 14.1. The van der Waals surface area contributed by atoms with Gasteiger partial charge in [0.05, 0.1) is 11.6 Å². The van der Waals surface area contributed by atoms with E-state index in [1.165, 1.54) is 19.6 Å². The normalized spacial score (nSPS) is 24.8. The first-order valence-corrected chi connectivity index (χ1v) is 15.8. The lowest BCUT2D eigenvalue weighted by molar-refractivity contribution is -0.146. The smallest absolute Gasteiger partial charge is 0.417 e. The third-order valence-corrected chi connectivity index (χ3v) is 9.10. The Balaban J connectivity index is 1.91. The van der Waals surface area contributed by atoms with E-state index in [-0.39, 0.29) is 12.8 Å². The van der Waals surface area contributed by atoms with Crippen LogP contribution in [0.15, 0.2) is 79.0 Å². The zero-order chi connectivity index (χ0) is 30.8. The summed E-state index contributed by atoms with van der Waals surface area (Å²) in [5.41, 5.74) is 6.44. The van der Waals surface area contributed by atoms with Crippen LogP contribution in [0.1, 0.15) is 73.3 Å². The fraction of sp³-hybridized carbons (Fsp3) is 0.500. The topological polar surface area (TPSA) is 71.4 Å². The third kappa shape index (κ3) is 7.43. The second kappa shape index (κ2) is 13.3. The van der Waals surface area contributed by atoms with E-state index < -0.39 is 29.7 Å². The van der Waals surface area contributed by atoms with E-state index in [0.717, 1.165) is 41.0 Å². The van der Waals surface area contributed by atoms with Crippen LogP contribution in [0.2, 0.25) is 0 Å². The minimum Gasteiger partial charge on any atom is -0.447 e. The van der Waals surface area contributed by atoms with Crippen molar-refractivity contribution < 1.29 is 19.1 Å². The van der Waals surface area contributed by atoms with Crippen LogP contribution in [-0.4, -0.2) is 65.1 Å². The molecule has 1 aromatic rings. The molecule has 2 amide bonds. The predicted octanol–water partition coefficient (Wildman–Crippen LogP) is 7.53. The molecule has 1 aliphatic carbocycles. The van der Waals surface area contributed by atoms with Gasteiger partial charge in [0.25, 0.3) is 5.91 Å². The Morgan fingerprint density at radius 2 is 1.83 bits per heavy atom. The quantitative estimate of drug-likeness (QED) is 0.290. The summed E-state index contributed by atoms with van der Waals surface area (Å²) in [7, 11) is 2.05. The first-order valence-electron chi connectivity index (χ1n) is 14.7. The van der Waals surface area contributed by atoms with Gasteiger partial charge >= 0.3 is 6.09 Å². The molecule has 7 nitrogen and oxygen atoms in total. The van der Waals surface area contributed by atoms with Crippen molar-refractivity contribution in [2.45, 2.75) is 98.1 Å². The van der Waals surface area contributed by atoms with Crippen molar-refractivity contribution in [1.82, 2.24) is 9.80 Å². The predicted molar refractivity (Wildman–Crippen MR) is 177 cm³/mol. The number of rotatable bonds is 6. The largest absolute Gasteiger partial charge is 0.447 e. The van der Waals surface area contributed by atoms with Crippen LogP contribution in [0.5, 0.6) is 0 Å². The Labute approximate surface area is 264 Å². The maximum absolute atomic E-state index is 14.7. The van der Waals surface area contributed by atoms with Crippen LogP contribution >= 0.6 is 22.6 Å². The number of carbonyl (C=O) groups is 2. The average Bonchev–Trinajstić information content (AvgIpc) is 3.30. The molecule has 2 heterocycles. The highest BCUT2D eigenvalue weighted by Crippen LogP contribution is 2.37. The number of benzene rings is 1. The van der Waals surface area contributed by atoms with Crippen molar-refractivity contribution in [3.05, 3.63) is 79.6 Å². The number of amides is 2. The summed E-state index contributed by atoms with van der Waals surface area (Å²) in [6.07, 6.45) is 5.46. The molecule has 1 fully saturated rings. The molecule has 0 N–H and O–H groups in total. The van der Waals surface area contributed by atoms with Gasteiger partial charge in [-0.25, -0.2) is 9.69 Å². The summed E-state index contributed by atoms with van der Waals surface area (Å²) >= 11 is 2.38. The Morgan fingerprint density at radius 3 is 2.45 bits per heavy atom. The summed E-state index contributed by atoms with van der Waals surface area (Å²) in [5.74, 6) is -0.407. The number of halogens is 1. The number of cyclic esters (lactones) is 1. The molecule has 1 saturated heterocycles. The molecule has 2 aliphatic heterocycles. The van der Waals surface area contributed by atoms with Gasteiger partial charge in [0.2, 0.25) is 0 Å². The van der Waals surface area contributed by atoms with E-state index in [1.54, 1.807) is 0 Å². The lowest BCUT2D eigenvalue weighted by Crippen LogP contribution is -2.50. The molecule has 3 atom stereocenters. The van der Waals surface area contributed by atoms with E-state index in [1.807, 2.05) is 58.0 Å². The molecule has 8 heteroatoms. The molecule has 0 bridgehead atoms. The molecule has 4 rings (SSSR count). The molecule has 0 saturated carbocycles. The summed E-state index contributed by atoms with van der Waals surface area (Å²) < 4.78 is 13.4. The van der Waals surface area contributed by atoms with Crippen molar-refractivity contribution in [3.8, 4) is 0 Å². The Hall–Kier alpha value is -2.72. The van der Waals surface area contributed by atoms with E-state index >= 15 is 0 Å². The van der Waals surface area contributed by atoms with Crippen molar-refractivity contribution in [1.29, 1.82) is 0 Å². The number of imide groups is 1. The summed E-state index contributed by atoms with van der Waals surface area (Å²) in [5, 5.41) is 0. The van der Waals surface area contributed by atoms with Gasteiger partial charge < -0.3 is 14.4 Å². The molecule has 226 valence electrons. The standard InChI is InChI=1S/C34H44IN3O4/c1-21-18-29(26-14-16-27(35)17-15-26)30(22(2)36-24(4)37(8)23(21)3)31(42-34(5,6)7)32(39)38-28(20-41-33(38)40)19-25-12-10-9-11-13-25/h9-14,16,24,28,31H,15,17-20H2,1-8H3/b23-21-,30-29?,36-22?/t24?,28-,31+/m1/s1. The summed E-state index contributed by atoms with van der Waals surface area (Å²) in [6.45, 7) is 14.3. The van der Waals surface area contributed by atoms with Crippen LogP contribution < -0.4 is 0 Å². The Bertz CT molecular complexity index is 1370. The van der Waals surface area contributed by atoms with E-state index in [4.69, 9.17) is 14.5 Å². The first kappa shape index (κ1) is 32.2. The molecule has 0 aromatic heterocycles. The molecule has 1 unspecified atom stereocenters. The minimum atomic E-state index is -1.04. The van der Waals surface area contributed by atoms with Crippen LogP contribution in [0.25, 0.3) is 0 Å². The van der Waals surface area contributed by atoms with Gasteiger partial charge in [0.15, 0.2) is 6.10 Å². The average molecular weight is 686 g/mol. The number of allylic oxidation sites excluding steroid dienone is 7. The molecule has 0 radical (unpaired) electrons. The van der Waals surface area contributed by atoms with Crippen LogP contribution in [-0.2, 0) is 20.7 Å². The van der Waals surface area contributed by atoms with E-state index in [0.29, 0.717) is 12.8 Å². The fourth-order valence-corrected chi connectivity index (χ4v) is 6.15. The van der Waals surface area contributed by atoms with Gasteiger partial charge in [-0.3, -0.25) is 9.79 Å². The van der Waals surface area contributed by atoms with Crippen molar-refractivity contribution in [3.63, 3.8) is 0 Å². The minimum absolute atomic E-state index is 0.150. The highest BCUT2D eigenvalue weighted by Gasteiger charge is 2.45. The summed E-state index contributed by atoms with van der Waals surface area (Å²) in [6, 6.07) is 9.46. The van der Waals surface area contributed by atoms with Crippen molar-refractivity contribution in [2.75, 3.05) is 13.7 Å². The van der Waals surface area contributed by atoms with Gasteiger partial charge in [0.1, 0.15) is 12.8 Å². The van der Waals surface area contributed by atoms with Crippen LogP contribution in [0.4, 0.5) is 4.79 Å². The number of aliphatic imine (C=N–C) groups is 1. The second-order valence-corrected chi connectivity index (χ2v) is 13.8. The second-order valence-electron chi connectivity index (χ2n) is 12.4. The fourth-order valence-electron chi connectivity index (χ4n) is 5.70. The molecule has 1 aromatic carbocycles.